The normalized spacial score (nSPS) is 18.9. The first-order chi connectivity index (χ1) is 12.8. The second-order valence-electron chi connectivity index (χ2n) is 6.35. The van der Waals surface area contributed by atoms with Crippen molar-refractivity contribution >= 4 is 38.8 Å². The third kappa shape index (κ3) is 3.35. The molecule has 140 valence electrons. The van der Waals surface area contributed by atoms with Gasteiger partial charge in [0.25, 0.3) is 0 Å². The molecule has 0 radical (unpaired) electrons. The van der Waals surface area contributed by atoms with Crippen molar-refractivity contribution in [3.8, 4) is 0 Å². The van der Waals surface area contributed by atoms with Crippen molar-refractivity contribution in [3.63, 3.8) is 0 Å². The van der Waals surface area contributed by atoms with Crippen LogP contribution < -0.4 is 5.32 Å². The number of sulfone groups is 1. The minimum Gasteiger partial charge on any atom is -0.336 e. The molecule has 0 fully saturated rings. The summed E-state index contributed by atoms with van der Waals surface area (Å²) in [5.74, 6) is 1.26. The molecule has 0 bridgehead atoms. The van der Waals surface area contributed by atoms with Crippen molar-refractivity contribution in [2.75, 3.05) is 18.1 Å². The van der Waals surface area contributed by atoms with E-state index in [-0.39, 0.29) is 10.9 Å². The van der Waals surface area contributed by atoms with Crippen LogP contribution in [0.3, 0.4) is 0 Å². The molecule has 8 nitrogen and oxygen atoms in total. The van der Waals surface area contributed by atoms with Crippen LogP contribution in [0.2, 0.25) is 5.02 Å². The van der Waals surface area contributed by atoms with E-state index in [1.807, 2.05) is 30.5 Å². The number of aliphatic imine (C=N–C) groups is 2. The Hall–Kier alpha value is -2.65. The summed E-state index contributed by atoms with van der Waals surface area (Å²) < 4.78 is 25.1. The standard InChI is InChI=1S/C17H17ClN6O2S/c1-23-10-11(8-21-23)15-9-20-17-16(19-5-6-24(15)17)22-14-4-3-12(7-13(14)18)27(2,25)26/h3-8,10,15H,9H2,1-2H3,(H,19,22). The Morgan fingerprint density at radius 1 is 1.33 bits per heavy atom. The van der Waals surface area contributed by atoms with Gasteiger partial charge >= 0.3 is 0 Å². The van der Waals surface area contributed by atoms with E-state index in [0.717, 1.165) is 11.8 Å². The van der Waals surface area contributed by atoms with Gasteiger partial charge in [0, 0.05) is 37.5 Å². The van der Waals surface area contributed by atoms with Crippen LogP contribution in [0, 0.1) is 0 Å². The first-order valence-electron chi connectivity index (χ1n) is 8.16. The van der Waals surface area contributed by atoms with Gasteiger partial charge in [-0.2, -0.15) is 5.10 Å². The molecule has 10 heteroatoms. The molecule has 0 spiro atoms. The number of anilines is 1. The Bertz CT molecular complexity index is 1100. The number of rotatable bonds is 3. The Balaban J connectivity index is 1.58. The molecule has 1 aromatic heterocycles. The van der Waals surface area contributed by atoms with E-state index in [1.54, 1.807) is 16.9 Å². The summed E-state index contributed by atoms with van der Waals surface area (Å²) in [7, 11) is -1.44. The molecule has 2 aliphatic heterocycles. The zero-order chi connectivity index (χ0) is 19.2. The molecule has 1 atom stereocenters. The highest BCUT2D eigenvalue weighted by Gasteiger charge is 2.33. The van der Waals surface area contributed by atoms with Crippen LogP contribution in [-0.2, 0) is 16.9 Å². The number of aromatic nitrogens is 2. The van der Waals surface area contributed by atoms with Crippen molar-refractivity contribution in [1.29, 1.82) is 0 Å². The van der Waals surface area contributed by atoms with Gasteiger partial charge in [-0.3, -0.25) is 9.67 Å². The lowest BCUT2D eigenvalue weighted by Gasteiger charge is -2.26. The Morgan fingerprint density at radius 3 is 2.81 bits per heavy atom. The lowest BCUT2D eigenvalue weighted by molar-refractivity contribution is 0.458. The van der Waals surface area contributed by atoms with Crippen molar-refractivity contribution < 1.29 is 8.42 Å². The molecule has 0 saturated carbocycles. The maximum absolute atomic E-state index is 11.7. The highest BCUT2D eigenvalue weighted by molar-refractivity contribution is 7.90. The molecule has 1 aromatic carbocycles. The maximum Gasteiger partial charge on any atom is 0.175 e. The summed E-state index contributed by atoms with van der Waals surface area (Å²) in [5, 5.41) is 7.68. The average Bonchev–Trinajstić information content (AvgIpc) is 3.22. The Morgan fingerprint density at radius 2 is 2.15 bits per heavy atom. The fourth-order valence-electron chi connectivity index (χ4n) is 3.02. The molecule has 0 aliphatic carbocycles. The predicted octanol–water partition coefficient (Wildman–Crippen LogP) is 2.23. The molecule has 3 heterocycles. The fourth-order valence-corrected chi connectivity index (χ4v) is 3.96. The van der Waals surface area contributed by atoms with Crippen LogP contribution in [0.5, 0.6) is 0 Å². The van der Waals surface area contributed by atoms with Gasteiger partial charge in [0.1, 0.15) is 0 Å². The van der Waals surface area contributed by atoms with Crippen LogP contribution in [-0.4, -0.2) is 47.6 Å². The van der Waals surface area contributed by atoms with Crippen LogP contribution in [0.25, 0.3) is 0 Å². The zero-order valence-electron chi connectivity index (χ0n) is 14.7. The van der Waals surface area contributed by atoms with Crippen molar-refractivity contribution in [2.45, 2.75) is 10.9 Å². The number of amidine groups is 2. The first kappa shape index (κ1) is 17.7. The van der Waals surface area contributed by atoms with Crippen molar-refractivity contribution in [1.82, 2.24) is 14.7 Å². The molecule has 4 rings (SSSR count). The van der Waals surface area contributed by atoms with Crippen LogP contribution in [0.1, 0.15) is 11.6 Å². The van der Waals surface area contributed by atoms with Crippen molar-refractivity contribution in [3.05, 3.63) is 53.6 Å². The average molecular weight is 405 g/mol. The van der Waals surface area contributed by atoms with E-state index < -0.39 is 9.84 Å². The topological polar surface area (TPSA) is 91.9 Å². The summed E-state index contributed by atoms with van der Waals surface area (Å²) >= 11 is 6.26. The quantitative estimate of drug-likeness (QED) is 0.846. The molecular weight excluding hydrogens is 388 g/mol. The third-order valence-corrected chi connectivity index (χ3v) is 5.79. The Kier molecular flexibility index (Phi) is 4.27. The summed E-state index contributed by atoms with van der Waals surface area (Å²) in [5.41, 5.74) is 1.63. The van der Waals surface area contributed by atoms with Gasteiger partial charge in [0.15, 0.2) is 21.5 Å². The molecule has 0 saturated heterocycles. The minimum absolute atomic E-state index is 0.0559. The van der Waals surface area contributed by atoms with E-state index in [0.29, 0.717) is 28.9 Å². The summed E-state index contributed by atoms with van der Waals surface area (Å²) in [4.78, 5) is 11.2. The Labute approximate surface area is 161 Å². The molecule has 27 heavy (non-hydrogen) atoms. The maximum atomic E-state index is 11.7. The molecule has 2 aliphatic rings. The zero-order valence-corrected chi connectivity index (χ0v) is 16.2. The molecular formula is C17H17ClN6O2S. The van der Waals surface area contributed by atoms with Crippen LogP contribution in [0.15, 0.2) is 57.9 Å². The number of fused-ring (bicyclic) bond motifs is 1. The van der Waals surface area contributed by atoms with Crippen LogP contribution in [0.4, 0.5) is 5.69 Å². The van der Waals surface area contributed by atoms with Gasteiger partial charge in [0.05, 0.1) is 34.4 Å². The number of hydrogen-bond donors (Lipinski definition) is 1. The second-order valence-corrected chi connectivity index (χ2v) is 8.77. The predicted molar refractivity (Wildman–Crippen MR) is 105 cm³/mol. The largest absolute Gasteiger partial charge is 0.336 e. The van der Waals surface area contributed by atoms with E-state index >= 15 is 0 Å². The van der Waals surface area contributed by atoms with Gasteiger partial charge in [0.2, 0.25) is 0 Å². The monoisotopic (exact) mass is 404 g/mol. The number of benzene rings is 1. The number of halogens is 1. The van der Waals surface area contributed by atoms with Gasteiger partial charge < -0.3 is 10.2 Å². The number of aryl methyl sites for hydroxylation is 1. The summed E-state index contributed by atoms with van der Waals surface area (Å²) in [6, 6.07) is 4.61. The SMILES string of the molecule is Cn1cc(C2CN=C3C(Nc4ccc(S(C)(=O)=O)cc4Cl)=NC=CN32)cn1. The van der Waals surface area contributed by atoms with Gasteiger partial charge in [-0.05, 0) is 18.2 Å². The van der Waals surface area contributed by atoms with Gasteiger partial charge in [-0.1, -0.05) is 11.6 Å². The smallest absolute Gasteiger partial charge is 0.175 e. The summed E-state index contributed by atoms with van der Waals surface area (Å²) in [6.45, 7) is 0.590. The van der Waals surface area contributed by atoms with E-state index in [1.165, 1.54) is 12.1 Å². The molecule has 2 aromatic rings. The fraction of sp³-hybridized carbons (Fsp3) is 0.235. The third-order valence-electron chi connectivity index (χ3n) is 4.37. The number of nitrogens with zero attached hydrogens (tertiary/aromatic N) is 5. The van der Waals surface area contributed by atoms with E-state index in [4.69, 9.17) is 11.6 Å². The lowest BCUT2D eigenvalue weighted by atomic mass is 10.1. The number of hydrogen-bond acceptors (Lipinski definition) is 7. The summed E-state index contributed by atoms with van der Waals surface area (Å²) in [6.07, 6.45) is 8.51. The van der Waals surface area contributed by atoms with Crippen molar-refractivity contribution in [2.24, 2.45) is 17.0 Å². The number of nitrogens with one attached hydrogen (secondary N) is 1. The van der Waals surface area contributed by atoms with Gasteiger partial charge in [-0.15, -0.1) is 0 Å². The van der Waals surface area contributed by atoms with Gasteiger partial charge in [-0.25, -0.2) is 13.4 Å². The molecule has 0 amide bonds. The molecule has 1 N–H and O–H groups in total. The second kappa shape index (κ2) is 6.50. The lowest BCUT2D eigenvalue weighted by Crippen LogP contribution is -2.37. The first-order valence-corrected chi connectivity index (χ1v) is 10.4. The van der Waals surface area contributed by atoms with E-state index in [9.17, 15) is 8.42 Å². The van der Waals surface area contributed by atoms with Crippen LogP contribution >= 0.6 is 11.6 Å². The highest BCUT2D eigenvalue weighted by atomic mass is 35.5. The minimum atomic E-state index is -3.32. The van der Waals surface area contributed by atoms with E-state index in [2.05, 4.69) is 20.4 Å². The highest BCUT2D eigenvalue weighted by Crippen LogP contribution is 2.30. The molecule has 1 unspecified atom stereocenters.